The predicted octanol–water partition coefficient (Wildman–Crippen LogP) is -0.786. The van der Waals surface area contributed by atoms with E-state index in [9.17, 15) is 15.0 Å². The molecule has 16 heavy (non-hydrogen) atoms. The van der Waals surface area contributed by atoms with Crippen LogP contribution in [0.4, 0.5) is 0 Å². The summed E-state index contributed by atoms with van der Waals surface area (Å²) in [6, 6.07) is 4.27. The number of carbonyl (C=O) groups is 1. The van der Waals surface area contributed by atoms with Gasteiger partial charge in [0.05, 0.1) is 6.61 Å². The Labute approximate surface area is 93.5 Å². The number of phenolic OH excluding ortho intramolecular Hbond substituents is 1. The van der Waals surface area contributed by atoms with E-state index < -0.39 is 12.0 Å². The first-order valence-corrected chi connectivity index (χ1v) is 5.03. The van der Waals surface area contributed by atoms with Crippen molar-refractivity contribution in [1.29, 1.82) is 0 Å². The third kappa shape index (κ3) is 3.13. The Kier molecular flexibility index (Phi) is 4.13. The molecule has 0 radical (unpaired) electrons. The minimum Gasteiger partial charge on any atom is -0.550 e. The van der Waals surface area contributed by atoms with Crippen molar-refractivity contribution < 1.29 is 25.5 Å². The van der Waals surface area contributed by atoms with Gasteiger partial charge in [0.25, 0.3) is 0 Å². The van der Waals surface area contributed by atoms with Gasteiger partial charge in [-0.25, -0.2) is 0 Å². The fourth-order valence-corrected chi connectivity index (χ4v) is 1.37. The average Bonchev–Trinajstić information content (AvgIpc) is 2.20. The number of carboxylic acid groups (broad SMARTS) is 1. The molecule has 0 saturated heterocycles. The molecule has 0 spiro atoms. The number of carbonyl (C=O) groups excluding carboxylic acids is 1. The summed E-state index contributed by atoms with van der Waals surface area (Å²) < 4.78 is 5.19. The van der Waals surface area contributed by atoms with E-state index in [0.717, 1.165) is 0 Å². The highest BCUT2D eigenvalue weighted by Gasteiger charge is 2.12. The van der Waals surface area contributed by atoms with Crippen LogP contribution in [0.25, 0.3) is 0 Å². The van der Waals surface area contributed by atoms with Crippen LogP contribution >= 0.6 is 0 Å². The SMILES string of the molecule is CCOc1cc([C@@H]([NH3+])CC(=O)[O-])ccc1O. The smallest absolute Gasteiger partial charge is 0.161 e. The monoisotopic (exact) mass is 225 g/mol. The number of aromatic hydroxyl groups is 1. The second kappa shape index (κ2) is 5.37. The molecule has 0 amide bonds. The van der Waals surface area contributed by atoms with Crippen LogP contribution in [0.1, 0.15) is 24.9 Å². The molecule has 5 nitrogen and oxygen atoms in total. The lowest BCUT2D eigenvalue weighted by molar-refractivity contribution is -0.430. The topological polar surface area (TPSA) is 97.2 Å². The largest absolute Gasteiger partial charge is 0.550 e. The van der Waals surface area contributed by atoms with Gasteiger partial charge < -0.3 is 25.5 Å². The van der Waals surface area contributed by atoms with E-state index in [0.29, 0.717) is 17.9 Å². The van der Waals surface area contributed by atoms with Gasteiger partial charge in [-0.3, -0.25) is 0 Å². The summed E-state index contributed by atoms with van der Waals surface area (Å²) in [5.74, 6) is -0.774. The predicted molar refractivity (Wildman–Crippen MR) is 54.5 cm³/mol. The van der Waals surface area contributed by atoms with Crippen LogP contribution in [0.5, 0.6) is 11.5 Å². The first-order valence-electron chi connectivity index (χ1n) is 5.03. The summed E-state index contributed by atoms with van der Waals surface area (Å²) in [5.41, 5.74) is 4.42. The molecule has 1 aromatic rings. The molecule has 88 valence electrons. The molecule has 4 N–H and O–H groups in total. The Hall–Kier alpha value is -1.75. The Bertz CT molecular complexity index is 378. The first kappa shape index (κ1) is 12.3. The molecule has 0 bridgehead atoms. The molecule has 1 atom stereocenters. The molecule has 0 saturated carbocycles. The molecule has 1 aromatic carbocycles. The van der Waals surface area contributed by atoms with E-state index in [4.69, 9.17) is 4.74 Å². The summed E-state index contributed by atoms with van der Waals surface area (Å²) in [7, 11) is 0. The maximum absolute atomic E-state index is 10.4. The molecule has 0 fully saturated rings. The molecule has 0 unspecified atom stereocenters. The van der Waals surface area contributed by atoms with Gasteiger partial charge in [0.1, 0.15) is 6.04 Å². The van der Waals surface area contributed by atoms with Crippen LogP contribution in [-0.4, -0.2) is 17.7 Å². The molecule has 0 aromatic heterocycles. The van der Waals surface area contributed by atoms with Gasteiger partial charge in [-0.15, -0.1) is 0 Å². The van der Waals surface area contributed by atoms with Crippen LogP contribution in [0.3, 0.4) is 0 Å². The average molecular weight is 225 g/mol. The van der Waals surface area contributed by atoms with Gasteiger partial charge in [-0.2, -0.15) is 0 Å². The number of carboxylic acids is 1. The van der Waals surface area contributed by atoms with Crippen molar-refractivity contribution in [1.82, 2.24) is 0 Å². The van der Waals surface area contributed by atoms with Gasteiger partial charge in [0.15, 0.2) is 11.5 Å². The summed E-state index contributed by atoms with van der Waals surface area (Å²) in [6.45, 7) is 2.23. The van der Waals surface area contributed by atoms with Gasteiger partial charge >= 0.3 is 0 Å². The Morgan fingerprint density at radius 2 is 2.31 bits per heavy atom. The maximum Gasteiger partial charge on any atom is 0.161 e. The zero-order valence-electron chi connectivity index (χ0n) is 9.10. The normalized spacial score (nSPS) is 12.1. The van der Waals surface area contributed by atoms with Gasteiger partial charge in [0, 0.05) is 18.0 Å². The quantitative estimate of drug-likeness (QED) is 0.686. The number of phenols is 1. The fourth-order valence-electron chi connectivity index (χ4n) is 1.37. The molecule has 5 heteroatoms. The van der Waals surface area contributed by atoms with Crippen molar-refractivity contribution in [2.75, 3.05) is 6.61 Å². The third-order valence-corrected chi connectivity index (χ3v) is 2.17. The van der Waals surface area contributed by atoms with Crippen molar-refractivity contribution in [2.24, 2.45) is 0 Å². The van der Waals surface area contributed by atoms with Crippen molar-refractivity contribution in [3.05, 3.63) is 23.8 Å². The van der Waals surface area contributed by atoms with E-state index in [1.165, 1.54) is 6.07 Å². The van der Waals surface area contributed by atoms with Crippen molar-refractivity contribution in [2.45, 2.75) is 19.4 Å². The first-order chi connectivity index (χ1) is 7.54. The molecular weight excluding hydrogens is 210 g/mol. The van der Waals surface area contributed by atoms with E-state index in [2.05, 4.69) is 5.73 Å². The number of benzene rings is 1. The lowest BCUT2D eigenvalue weighted by Gasteiger charge is -2.12. The Morgan fingerprint density at radius 3 is 2.88 bits per heavy atom. The van der Waals surface area contributed by atoms with Crippen molar-refractivity contribution in [3.63, 3.8) is 0 Å². The highest BCUT2D eigenvalue weighted by atomic mass is 16.5. The molecule has 0 aliphatic carbocycles. The lowest BCUT2D eigenvalue weighted by atomic mass is 10.0. The summed E-state index contributed by atoms with van der Waals surface area (Å²) >= 11 is 0. The second-order valence-corrected chi connectivity index (χ2v) is 3.43. The summed E-state index contributed by atoms with van der Waals surface area (Å²) in [5, 5.41) is 19.9. The third-order valence-electron chi connectivity index (χ3n) is 2.17. The highest BCUT2D eigenvalue weighted by Crippen LogP contribution is 2.28. The van der Waals surface area contributed by atoms with Crippen LogP contribution in [-0.2, 0) is 4.79 Å². The highest BCUT2D eigenvalue weighted by molar-refractivity contribution is 5.65. The molecule has 1 rings (SSSR count). The summed E-state index contributed by atoms with van der Waals surface area (Å²) in [6.07, 6.45) is -0.156. The van der Waals surface area contributed by atoms with E-state index >= 15 is 0 Å². The van der Waals surface area contributed by atoms with Gasteiger partial charge in [0.2, 0.25) is 0 Å². The van der Waals surface area contributed by atoms with Crippen LogP contribution in [0.2, 0.25) is 0 Å². The van der Waals surface area contributed by atoms with E-state index in [-0.39, 0.29) is 12.2 Å². The molecule has 0 aliphatic rings. The van der Waals surface area contributed by atoms with Crippen LogP contribution in [0.15, 0.2) is 18.2 Å². The van der Waals surface area contributed by atoms with Gasteiger partial charge in [-0.05, 0) is 25.1 Å². The minimum atomic E-state index is -1.15. The Balaban J connectivity index is 2.88. The van der Waals surface area contributed by atoms with Crippen LogP contribution in [0, 0.1) is 0 Å². The molecule has 0 aliphatic heterocycles. The zero-order valence-corrected chi connectivity index (χ0v) is 9.10. The van der Waals surface area contributed by atoms with Crippen molar-refractivity contribution >= 4 is 5.97 Å². The summed E-state index contributed by atoms with van der Waals surface area (Å²) in [4.78, 5) is 10.4. The number of ether oxygens (including phenoxy) is 1. The van der Waals surface area contributed by atoms with Gasteiger partial charge in [-0.1, -0.05) is 0 Å². The standard InChI is InChI=1S/C11H15NO4/c1-2-16-10-5-7(3-4-9(10)13)8(12)6-11(14)15/h3-5,8,13H,2,6,12H2,1H3,(H,14,15)/t8-/m0/s1. The fraction of sp³-hybridized carbons (Fsp3) is 0.364. The zero-order chi connectivity index (χ0) is 12.1. The van der Waals surface area contributed by atoms with E-state index in [1.807, 2.05) is 0 Å². The van der Waals surface area contributed by atoms with E-state index in [1.54, 1.807) is 19.1 Å². The lowest BCUT2D eigenvalue weighted by Crippen LogP contribution is -2.55. The maximum atomic E-state index is 10.4. The molecule has 0 heterocycles. The van der Waals surface area contributed by atoms with Crippen molar-refractivity contribution in [3.8, 4) is 11.5 Å². The number of rotatable bonds is 5. The molecular formula is C11H15NO4. The van der Waals surface area contributed by atoms with Crippen LogP contribution < -0.4 is 15.6 Å². The Morgan fingerprint density at radius 1 is 1.62 bits per heavy atom. The number of quaternary nitrogens is 1. The minimum absolute atomic E-state index is 0.0336. The number of hydrogen-bond donors (Lipinski definition) is 2. The number of hydrogen-bond acceptors (Lipinski definition) is 4. The number of aliphatic carboxylic acids is 1. The second-order valence-electron chi connectivity index (χ2n) is 3.43.